The lowest BCUT2D eigenvalue weighted by Crippen LogP contribution is -2.36. The lowest BCUT2D eigenvalue weighted by atomic mass is 9.88. The fourth-order valence-electron chi connectivity index (χ4n) is 4.00. The third-order valence-electron chi connectivity index (χ3n) is 5.50. The largest absolute Gasteiger partial charge is 0.465 e. The fraction of sp³-hybridized carbons (Fsp3) is 0.579. The molecule has 1 unspecified atom stereocenters. The third-order valence-corrected chi connectivity index (χ3v) is 5.81. The van der Waals surface area contributed by atoms with Crippen molar-refractivity contribution < 1.29 is 19.2 Å². The number of hydrogen-bond acceptors (Lipinski definition) is 6. The molecular formula is C19H24ClN3O5. The Kier molecular flexibility index (Phi) is 6.39. The summed E-state index contributed by atoms with van der Waals surface area (Å²) in [5, 5.41) is 14.7. The summed E-state index contributed by atoms with van der Waals surface area (Å²) < 4.78 is 4.61. The third kappa shape index (κ3) is 4.38. The van der Waals surface area contributed by atoms with Gasteiger partial charge in [0.25, 0.3) is 5.69 Å². The van der Waals surface area contributed by atoms with Gasteiger partial charge in [-0.3, -0.25) is 14.9 Å². The lowest BCUT2D eigenvalue weighted by molar-refractivity contribution is -0.384. The number of carbonyl (C=O) groups excluding carboxylic acids is 2. The summed E-state index contributed by atoms with van der Waals surface area (Å²) >= 11 is 6.12. The molecule has 1 N–H and O–H groups in total. The van der Waals surface area contributed by atoms with Crippen LogP contribution in [-0.4, -0.2) is 47.9 Å². The van der Waals surface area contributed by atoms with E-state index in [2.05, 4.69) is 10.1 Å². The molecule has 0 bridgehead atoms. The highest BCUT2D eigenvalue weighted by Crippen LogP contribution is 2.33. The smallest absolute Gasteiger partial charge is 0.339 e. The second kappa shape index (κ2) is 8.77. The Morgan fingerprint density at radius 3 is 2.61 bits per heavy atom. The summed E-state index contributed by atoms with van der Waals surface area (Å²) in [7, 11) is 1.19. The van der Waals surface area contributed by atoms with Crippen LogP contribution < -0.4 is 5.32 Å². The molecule has 2 fully saturated rings. The van der Waals surface area contributed by atoms with Gasteiger partial charge in [-0.25, -0.2) is 4.79 Å². The second-order valence-electron chi connectivity index (χ2n) is 7.35. The highest BCUT2D eigenvalue weighted by molar-refractivity contribution is 6.34. The maximum absolute atomic E-state index is 12.7. The molecule has 1 saturated carbocycles. The Labute approximate surface area is 168 Å². The van der Waals surface area contributed by atoms with E-state index in [1.807, 2.05) is 4.90 Å². The van der Waals surface area contributed by atoms with Crippen molar-refractivity contribution >= 4 is 34.9 Å². The van der Waals surface area contributed by atoms with Crippen LogP contribution in [0.4, 0.5) is 11.4 Å². The second-order valence-corrected chi connectivity index (χ2v) is 7.75. The first-order valence-corrected chi connectivity index (χ1v) is 9.90. The van der Waals surface area contributed by atoms with E-state index in [1.165, 1.54) is 19.6 Å². The molecule has 1 heterocycles. The van der Waals surface area contributed by atoms with E-state index < -0.39 is 10.9 Å². The van der Waals surface area contributed by atoms with Crippen LogP contribution in [-0.2, 0) is 9.53 Å². The fourth-order valence-corrected chi connectivity index (χ4v) is 4.24. The van der Waals surface area contributed by atoms with Crippen LogP contribution in [0.25, 0.3) is 0 Å². The summed E-state index contributed by atoms with van der Waals surface area (Å²) in [6, 6.07) is 2.39. The molecule has 2 aliphatic rings. The number of hydrogen-bond donors (Lipinski definition) is 1. The Bertz CT molecular complexity index is 779. The molecule has 1 amide bonds. The molecule has 1 saturated heterocycles. The number of halogens is 1. The number of ether oxygens (including phenoxy) is 1. The van der Waals surface area contributed by atoms with Crippen molar-refractivity contribution in [3.05, 3.63) is 32.8 Å². The standard InChI is InChI=1S/C19H24ClN3O5/c1-28-19(25)14-9-17(23(26)27)16(10-15(14)20)21-13-7-8-22(11-13)18(24)12-5-3-2-4-6-12/h9-10,12-13,21H,2-8,11H2,1H3. The van der Waals surface area contributed by atoms with Crippen molar-refractivity contribution in [2.75, 3.05) is 25.5 Å². The molecule has 8 nitrogen and oxygen atoms in total. The molecule has 28 heavy (non-hydrogen) atoms. The van der Waals surface area contributed by atoms with Crippen molar-refractivity contribution in [1.29, 1.82) is 0 Å². The number of nitro groups is 1. The maximum atomic E-state index is 12.7. The molecule has 1 aromatic rings. The summed E-state index contributed by atoms with van der Waals surface area (Å²) in [6.45, 7) is 1.14. The van der Waals surface area contributed by atoms with Gasteiger partial charge >= 0.3 is 5.97 Å². The topological polar surface area (TPSA) is 102 Å². The minimum absolute atomic E-state index is 0.0538. The average Bonchev–Trinajstić information content (AvgIpc) is 3.15. The molecule has 1 aliphatic carbocycles. The molecule has 1 aromatic carbocycles. The van der Waals surface area contributed by atoms with E-state index in [1.54, 1.807) is 0 Å². The van der Waals surface area contributed by atoms with Gasteiger partial charge in [-0.15, -0.1) is 0 Å². The monoisotopic (exact) mass is 409 g/mol. The zero-order valence-corrected chi connectivity index (χ0v) is 16.5. The van der Waals surface area contributed by atoms with E-state index in [0.717, 1.165) is 31.7 Å². The van der Waals surface area contributed by atoms with E-state index in [-0.39, 0.29) is 39.8 Å². The van der Waals surface area contributed by atoms with Gasteiger partial charge in [0, 0.05) is 31.1 Å². The van der Waals surface area contributed by atoms with Gasteiger partial charge in [0.15, 0.2) is 0 Å². The Hall–Kier alpha value is -2.35. The van der Waals surface area contributed by atoms with E-state index >= 15 is 0 Å². The highest BCUT2D eigenvalue weighted by atomic mass is 35.5. The Balaban J connectivity index is 1.71. The first-order valence-electron chi connectivity index (χ1n) is 9.52. The number of likely N-dealkylation sites (tertiary alicyclic amines) is 1. The zero-order valence-electron chi connectivity index (χ0n) is 15.8. The van der Waals surface area contributed by atoms with Gasteiger partial charge in [0.05, 0.1) is 22.6 Å². The average molecular weight is 410 g/mol. The SMILES string of the molecule is COC(=O)c1cc([N+](=O)[O-])c(NC2CCN(C(=O)C3CCCCC3)C2)cc1Cl. The van der Waals surface area contributed by atoms with Crippen LogP contribution in [0.15, 0.2) is 12.1 Å². The first kappa shape index (κ1) is 20.4. The predicted octanol–water partition coefficient (Wildman–Crippen LogP) is 3.63. The van der Waals surface area contributed by atoms with Gasteiger partial charge in [0.1, 0.15) is 5.69 Å². The van der Waals surface area contributed by atoms with Crippen molar-refractivity contribution in [2.24, 2.45) is 5.92 Å². The Morgan fingerprint density at radius 1 is 1.25 bits per heavy atom. The minimum atomic E-state index is -0.732. The molecular weight excluding hydrogens is 386 g/mol. The molecule has 0 aromatic heterocycles. The molecule has 3 rings (SSSR count). The first-order chi connectivity index (χ1) is 13.4. The van der Waals surface area contributed by atoms with Gasteiger partial charge < -0.3 is 15.0 Å². The summed E-state index contributed by atoms with van der Waals surface area (Å²) in [4.78, 5) is 37.2. The van der Waals surface area contributed by atoms with Crippen molar-refractivity contribution in [3.63, 3.8) is 0 Å². The predicted molar refractivity (Wildman–Crippen MR) is 105 cm³/mol. The van der Waals surface area contributed by atoms with Gasteiger partial charge in [-0.2, -0.15) is 0 Å². The number of nitro benzene ring substituents is 1. The van der Waals surface area contributed by atoms with Crippen LogP contribution >= 0.6 is 11.6 Å². The van der Waals surface area contributed by atoms with Crippen LogP contribution in [0, 0.1) is 16.0 Å². The number of benzene rings is 1. The quantitative estimate of drug-likeness (QED) is 0.452. The minimum Gasteiger partial charge on any atom is -0.465 e. The van der Waals surface area contributed by atoms with Crippen molar-refractivity contribution in [1.82, 2.24) is 4.90 Å². The van der Waals surface area contributed by atoms with Gasteiger partial charge in [-0.1, -0.05) is 30.9 Å². The normalized spacial score (nSPS) is 20.1. The number of anilines is 1. The Morgan fingerprint density at radius 2 is 1.96 bits per heavy atom. The van der Waals surface area contributed by atoms with Crippen LogP contribution in [0.1, 0.15) is 48.9 Å². The number of carbonyl (C=O) groups is 2. The summed E-state index contributed by atoms with van der Waals surface area (Å²) in [6.07, 6.45) is 5.99. The molecule has 9 heteroatoms. The van der Waals surface area contributed by atoms with Gasteiger partial charge in [-0.05, 0) is 25.3 Å². The maximum Gasteiger partial charge on any atom is 0.339 e. The van der Waals surface area contributed by atoms with E-state index in [4.69, 9.17) is 11.6 Å². The number of amides is 1. The number of nitrogens with one attached hydrogen (secondary N) is 1. The summed E-state index contributed by atoms with van der Waals surface area (Å²) in [5.74, 6) is -0.432. The molecule has 0 radical (unpaired) electrons. The van der Waals surface area contributed by atoms with E-state index in [0.29, 0.717) is 19.5 Å². The number of methoxy groups -OCH3 is 1. The van der Waals surface area contributed by atoms with Crippen molar-refractivity contribution in [3.8, 4) is 0 Å². The van der Waals surface area contributed by atoms with Crippen molar-refractivity contribution in [2.45, 2.75) is 44.6 Å². The molecule has 1 aliphatic heterocycles. The van der Waals surface area contributed by atoms with Gasteiger partial charge in [0.2, 0.25) is 5.91 Å². The molecule has 152 valence electrons. The molecule has 0 spiro atoms. The van der Waals surface area contributed by atoms with Crippen LogP contribution in [0.2, 0.25) is 5.02 Å². The lowest BCUT2D eigenvalue weighted by Gasteiger charge is -2.26. The molecule has 1 atom stereocenters. The number of rotatable bonds is 5. The van der Waals surface area contributed by atoms with Crippen LogP contribution in [0.5, 0.6) is 0 Å². The zero-order chi connectivity index (χ0) is 20.3. The number of esters is 1. The van der Waals surface area contributed by atoms with E-state index in [9.17, 15) is 19.7 Å². The highest BCUT2D eigenvalue weighted by Gasteiger charge is 2.32. The van der Waals surface area contributed by atoms with Crippen LogP contribution in [0.3, 0.4) is 0 Å². The summed E-state index contributed by atoms with van der Waals surface area (Å²) in [5.41, 5.74) is -0.0663. The number of nitrogens with zero attached hydrogens (tertiary/aromatic N) is 2.